The van der Waals surface area contributed by atoms with Crippen LogP contribution in [0.3, 0.4) is 0 Å². The van der Waals surface area contributed by atoms with Gasteiger partial charge in [0.2, 0.25) is 0 Å². The van der Waals surface area contributed by atoms with Crippen molar-refractivity contribution in [1.29, 1.82) is 5.26 Å². The van der Waals surface area contributed by atoms with Crippen LogP contribution in [0, 0.1) is 17.2 Å². The highest BCUT2D eigenvalue weighted by atomic mass is 15.1. The zero-order valence-corrected chi connectivity index (χ0v) is 7.38. The molecule has 11 heavy (non-hydrogen) atoms. The van der Waals surface area contributed by atoms with Crippen LogP contribution in [-0.2, 0) is 0 Å². The summed E-state index contributed by atoms with van der Waals surface area (Å²) in [6, 6.07) is 3.07. The van der Waals surface area contributed by atoms with Crippen molar-refractivity contribution in [3.05, 3.63) is 0 Å². The predicted octanol–water partition coefficient (Wildman–Crippen LogP) is 1.63. The Morgan fingerprint density at radius 3 is 2.09 bits per heavy atom. The fourth-order valence-corrected chi connectivity index (χ4v) is 1.72. The van der Waals surface area contributed by atoms with Crippen molar-refractivity contribution in [3.8, 4) is 6.07 Å². The van der Waals surface area contributed by atoms with E-state index in [1.807, 2.05) is 0 Å². The average Bonchev–Trinajstić information content (AvgIpc) is 2.05. The highest BCUT2D eigenvalue weighted by Gasteiger charge is 2.21. The quantitative estimate of drug-likeness (QED) is 0.571. The van der Waals surface area contributed by atoms with Crippen LogP contribution in [0.4, 0.5) is 0 Å². The number of nitriles is 1. The molecule has 0 aromatic heterocycles. The second-order valence-electron chi connectivity index (χ2n) is 3.60. The lowest BCUT2D eigenvalue weighted by molar-refractivity contribution is 0.211. The third kappa shape index (κ3) is 2.20. The van der Waals surface area contributed by atoms with Crippen molar-refractivity contribution >= 4 is 0 Å². The smallest absolute Gasteiger partial charge is 0.0655 e. The second kappa shape index (κ2) is 3.73. The van der Waals surface area contributed by atoms with E-state index < -0.39 is 0 Å². The molecule has 2 nitrogen and oxygen atoms in total. The van der Waals surface area contributed by atoms with Gasteiger partial charge >= 0.3 is 0 Å². The van der Waals surface area contributed by atoms with Crippen LogP contribution in [0.1, 0.15) is 25.7 Å². The van der Waals surface area contributed by atoms with Gasteiger partial charge in [0, 0.05) is 12.0 Å². The molecule has 0 heterocycles. The number of hydrogen-bond donors (Lipinski definition) is 0. The minimum absolute atomic E-state index is 0.339. The molecule has 0 N–H and O–H groups in total. The number of hydrogen-bond acceptors (Lipinski definition) is 2. The minimum atomic E-state index is 0.339. The first-order valence-electron chi connectivity index (χ1n) is 4.30. The molecule has 1 fully saturated rings. The van der Waals surface area contributed by atoms with Crippen LogP contribution >= 0.6 is 0 Å². The Balaban J connectivity index is 2.31. The highest BCUT2D eigenvalue weighted by molar-refractivity contribution is 4.88. The third-order valence-electron chi connectivity index (χ3n) is 2.61. The monoisotopic (exact) mass is 152 g/mol. The molecule has 0 amide bonds. The summed E-state index contributed by atoms with van der Waals surface area (Å²) in [5, 5.41) is 8.65. The van der Waals surface area contributed by atoms with E-state index in [1.165, 1.54) is 12.8 Å². The van der Waals surface area contributed by atoms with Crippen LogP contribution in [0.15, 0.2) is 0 Å². The normalized spacial score (nSPS) is 31.8. The van der Waals surface area contributed by atoms with E-state index in [9.17, 15) is 0 Å². The summed E-state index contributed by atoms with van der Waals surface area (Å²) in [5.74, 6) is 0.339. The lowest BCUT2D eigenvalue weighted by atomic mass is 9.86. The van der Waals surface area contributed by atoms with Crippen molar-refractivity contribution in [3.63, 3.8) is 0 Å². The standard InChI is InChI=1S/C9H16N2/c1-11(2)9-5-3-8(7-10)4-6-9/h8-9H,3-6H2,1-2H3/t8-,9-. The molecule has 1 saturated carbocycles. The summed E-state index contributed by atoms with van der Waals surface area (Å²) >= 11 is 0. The van der Waals surface area contributed by atoms with Gasteiger partial charge in [-0.25, -0.2) is 0 Å². The van der Waals surface area contributed by atoms with Gasteiger partial charge in [0.1, 0.15) is 0 Å². The van der Waals surface area contributed by atoms with Crippen LogP contribution in [-0.4, -0.2) is 25.0 Å². The largest absolute Gasteiger partial charge is 0.306 e. The second-order valence-corrected chi connectivity index (χ2v) is 3.60. The van der Waals surface area contributed by atoms with E-state index in [4.69, 9.17) is 5.26 Å². The van der Waals surface area contributed by atoms with Crippen LogP contribution in [0.2, 0.25) is 0 Å². The van der Waals surface area contributed by atoms with Gasteiger partial charge in [0.15, 0.2) is 0 Å². The Labute approximate surface area is 68.8 Å². The molecule has 1 aliphatic carbocycles. The summed E-state index contributed by atoms with van der Waals surface area (Å²) in [6.07, 6.45) is 4.59. The molecule has 0 saturated heterocycles. The zero-order valence-electron chi connectivity index (χ0n) is 7.38. The van der Waals surface area contributed by atoms with Crippen molar-refractivity contribution in [2.45, 2.75) is 31.7 Å². The Bertz CT molecular complexity index is 149. The molecule has 0 unspecified atom stereocenters. The molecule has 2 heteroatoms. The van der Waals surface area contributed by atoms with E-state index in [2.05, 4.69) is 25.1 Å². The maximum absolute atomic E-state index is 8.65. The van der Waals surface area contributed by atoms with Crippen molar-refractivity contribution in [1.82, 2.24) is 4.90 Å². The third-order valence-corrected chi connectivity index (χ3v) is 2.61. The lowest BCUT2D eigenvalue weighted by Gasteiger charge is -2.29. The van der Waals surface area contributed by atoms with Crippen molar-refractivity contribution < 1.29 is 0 Å². The van der Waals surface area contributed by atoms with Crippen molar-refractivity contribution in [2.24, 2.45) is 5.92 Å². The maximum Gasteiger partial charge on any atom is 0.0655 e. The number of rotatable bonds is 1. The minimum Gasteiger partial charge on any atom is -0.306 e. The molecular weight excluding hydrogens is 136 g/mol. The van der Waals surface area contributed by atoms with Gasteiger partial charge in [0.25, 0.3) is 0 Å². The van der Waals surface area contributed by atoms with Gasteiger partial charge in [-0.05, 0) is 39.8 Å². The predicted molar refractivity (Wildman–Crippen MR) is 45.0 cm³/mol. The van der Waals surface area contributed by atoms with Crippen molar-refractivity contribution in [2.75, 3.05) is 14.1 Å². The molecule has 0 aromatic carbocycles. The first-order chi connectivity index (χ1) is 5.24. The first-order valence-corrected chi connectivity index (χ1v) is 4.30. The topological polar surface area (TPSA) is 27.0 Å². The average molecular weight is 152 g/mol. The Hall–Kier alpha value is -0.550. The van der Waals surface area contributed by atoms with Gasteiger partial charge in [-0.15, -0.1) is 0 Å². The Kier molecular flexibility index (Phi) is 2.90. The van der Waals surface area contributed by atoms with E-state index in [0.29, 0.717) is 5.92 Å². The SMILES string of the molecule is CN(C)[C@H]1CC[C@H](C#N)CC1. The Morgan fingerprint density at radius 2 is 1.73 bits per heavy atom. The molecule has 1 aliphatic rings. The van der Waals surface area contributed by atoms with Gasteiger partial charge < -0.3 is 4.90 Å². The summed E-state index contributed by atoms with van der Waals surface area (Å²) in [5.41, 5.74) is 0. The zero-order chi connectivity index (χ0) is 8.27. The molecule has 0 atom stereocenters. The highest BCUT2D eigenvalue weighted by Crippen LogP contribution is 2.25. The maximum atomic E-state index is 8.65. The molecule has 0 radical (unpaired) electrons. The summed E-state index contributed by atoms with van der Waals surface area (Å²) in [7, 11) is 4.24. The van der Waals surface area contributed by atoms with Gasteiger partial charge in [0.05, 0.1) is 6.07 Å². The van der Waals surface area contributed by atoms with E-state index >= 15 is 0 Å². The first kappa shape index (κ1) is 8.55. The van der Waals surface area contributed by atoms with Crippen LogP contribution in [0.25, 0.3) is 0 Å². The van der Waals surface area contributed by atoms with E-state index in [0.717, 1.165) is 18.9 Å². The molecule has 0 aromatic rings. The van der Waals surface area contributed by atoms with E-state index in [-0.39, 0.29) is 0 Å². The summed E-state index contributed by atoms with van der Waals surface area (Å²) in [6.45, 7) is 0. The molecule has 62 valence electrons. The fraction of sp³-hybridized carbons (Fsp3) is 0.889. The molecule has 1 rings (SSSR count). The van der Waals surface area contributed by atoms with E-state index in [1.54, 1.807) is 0 Å². The fourth-order valence-electron chi connectivity index (χ4n) is 1.72. The number of nitrogens with zero attached hydrogens (tertiary/aromatic N) is 2. The van der Waals surface area contributed by atoms with Gasteiger partial charge in [-0.1, -0.05) is 0 Å². The Morgan fingerprint density at radius 1 is 1.18 bits per heavy atom. The van der Waals surface area contributed by atoms with Gasteiger partial charge in [-0.3, -0.25) is 0 Å². The lowest BCUT2D eigenvalue weighted by Crippen LogP contribution is -2.31. The molecule has 0 spiro atoms. The molecule has 0 aliphatic heterocycles. The van der Waals surface area contributed by atoms with Gasteiger partial charge in [-0.2, -0.15) is 5.26 Å². The summed E-state index contributed by atoms with van der Waals surface area (Å²) < 4.78 is 0. The van der Waals surface area contributed by atoms with Crippen LogP contribution < -0.4 is 0 Å². The summed E-state index contributed by atoms with van der Waals surface area (Å²) in [4.78, 5) is 2.27. The molecule has 0 bridgehead atoms. The van der Waals surface area contributed by atoms with Crippen LogP contribution in [0.5, 0.6) is 0 Å². The molecular formula is C9H16N2.